The van der Waals surface area contributed by atoms with Gasteiger partial charge in [-0.2, -0.15) is 0 Å². The highest BCUT2D eigenvalue weighted by atomic mass is 35.5. The first-order valence-corrected chi connectivity index (χ1v) is 8.47. The highest BCUT2D eigenvalue weighted by Gasteiger charge is 2.11. The number of esters is 1. The summed E-state index contributed by atoms with van der Waals surface area (Å²) in [6.07, 6.45) is -0.751. The van der Waals surface area contributed by atoms with Gasteiger partial charge < -0.3 is 14.2 Å². The Kier molecular flexibility index (Phi) is 6.12. The summed E-state index contributed by atoms with van der Waals surface area (Å²) in [6, 6.07) is 19.4. The number of carbonyl (C=O) groups is 2. The lowest BCUT2D eigenvalue weighted by molar-refractivity contribution is -0.146. The molecule has 3 rings (SSSR count). The van der Waals surface area contributed by atoms with Crippen molar-refractivity contribution in [3.63, 3.8) is 0 Å². The molecule has 3 aromatic carbocycles. The summed E-state index contributed by atoms with van der Waals surface area (Å²) in [7, 11) is 0. The van der Waals surface area contributed by atoms with Crippen LogP contribution in [0.3, 0.4) is 0 Å². The maximum atomic E-state index is 11.9. The molecule has 0 spiro atoms. The molecule has 0 heterocycles. The van der Waals surface area contributed by atoms with E-state index >= 15 is 0 Å². The first-order valence-electron chi connectivity index (χ1n) is 8.10. The van der Waals surface area contributed by atoms with E-state index in [1.165, 1.54) is 0 Å². The molecule has 0 aliphatic heterocycles. The topological polar surface area (TPSA) is 73.9 Å². The Balaban J connectivity index is 1.46. The quantitative estimate of drug-likeness (QED) is 0.509. The standard InChI is InChI=1S/C20H16ClNO5/c21-17-10-11-18(16-9-5-4-8-15(16)17)27-20(24)22-13-26-19(23)12-25-14-6-2-1-3-7-14/h1-11H,12-13H2,(H,22,24). The maximum Gasteiger partial charge on any atom is 0.415 e. The normalized spacial score (nSPS) is 10.3. The predicted octanol–water partition coefficient (Wildman–Crippen LogP) is 4.16. The maximum absolute atomic E-state index is 11.9. The van der Waals surface area contributed by atoms with E-state index < -0.39 is 12.1 Å². The second kappa shape index (κ2) is 8.91. The molecule has 7 heteroatoms. The number of ether oxygens (including phenoxy) is 3. The third-order valence-corrected chi connectivity index (χ3v) is 3.91. The Morgan fingerprint density at radius 1 is 0.889 bits per heavy atom. The van der Waals surface area contributed by atoms with E-state index in [0.29, 0.717) is 21.9 Å². The summed E-state index contributed by atoms with van der Waals surface area (Å²) >= 11 is 6.13. The van der Waals surface area contributed by atoms with Crippen molar-refractivity contribution in [2.24, 2.45) is 0 Å². The fourth-order valence-electron chi connectivity index (χ4n) is 2.34. The molecule has 0 aromatic heterocycles. The van der Waals surface area contributed by atoms with Crippen LogP contribution in [0.15, 0.2) is 66.7 Å². The van der Waals surface area contributed by atoms with E-state index in [1.54, 1.807) is 42.5 Å². The van der Waals surface area contributed by atoms with Crippen LogP contribution in [0.1, 0.15) is 0 Å². The molecule has 138 valence electrons. The van der Waals surface area contributed by atoms with E-state index in [2.05, 4.69) is 5.32 Å². The summed E-state index contributed by atoms with van der Waals surface area (Å²) in [6.45, 7) is -0.593. The highest BCUT2D eigenvalue weighted by molar-refractivity contribution is 6.35. The molecular formula is C20H16ClNO5. The molecule has 6 nitrogen and oxygen atoms in total. The van der Waals surface area contributed by atoms with Gasteiger partial charge in [-0.05, 0) is 24.3 Å². The Hall–Kier alpha value is -3.25. The predicted molar refractivity (Wildman–Crippen MR) is 101 cm³/mol. The van der Waals surface area contributed by atoms with Crippen LogP contribution in [0.5, 0.6) is 11.5 Å². The Morgan fingerprint density at radius 2 is 1.59 bits per heavy atom. The summed E-state index contributed by atoms with van der Waals surface area (Å²) in [5.41, 5.74) is 0. The van der Waals surface area contributed by atoms with E-state index in [4.69, 9.17) is 25.8 Å². The van der Waals surface area contributed by atoms with Crippen LogP contribution in [-0.2, 0) is 9.53 Å². The number of hydrogen-bond donors (Lipinski definition) is 1. The second-order valence-corrected chi connectivity index (χ2v) is 5.83. The van der Waals surface area contributed by atoms with Crippen LogP contribution < -0.4 is 14.8 Å². The zero-order valence-corrected chi connectivity index (χ0v) is 14.9. The Labute approximate surface area is 160 Å². The van der Waals surface area contributed by atoms with Crippen LogP contribution in [0.4, 0.5) is 4.79 Å². The van der Waals surface area contributed by atoms with Gasteiger partial charge in [-0.25, -0.2) is 9.59 Å². The third kappa shape index (κ3) is 5.12. The van der Waals surface area contributed by atoms with Crippen molar-refractivity contribution >= 4 is 34.4 Å². The summed E-state index contributed by atoms with van der Waals surface area (Å²) in [5, 5.41) is 4.38. The van der Waals surface area contributed by atoms with Crippen LogP contribution in [-0.4, -0.2) is 25.4 Å². The molecule has 27 heavy (non-hydrogen) atoms. The molecule has 0 radical (unpaired) electrons. The number of carbonyl (C=O) groups excluding carboxylic acids is 2. The molecule has 0 fully saturated rings. The highest BCUT2D eigenvalue weighted by Crippen LogP contribution is 2.31. The van der Waals surface area contributed by atoms with Gasteiger partial charge in [0.2, 0.25) is 0 Å². The van der Waals surface area contributed by atoms with Crippen molar-refractivity contribution in [2.45, 2.75) is 0 Å². The molecule has 0 aliphatic carbocycles. The minimum absolute atomic E-state index is 0.261. The first kappa shape index (κ1) is 18.5. The van der Waals surface area contributed by atoms with E-state index in [9.17, 15) is 9.59 Å². The van der Waals surface area contributed by atoms with Crippen LogP contribution in [0, 0.1) is 0 Å². The number of halogens is 1. The Morgan fingerprint density at radius 3 is 2.37 bits per heavy atom. The monoisotopic (exact) mass is 385 g/mol. The lowest BCUT2D eigenvalue weighted by Gasteiger charge is -2.10. The van der Waals surface area contributed by atoms with E-state index in [1.807, 2.05) is 24.3 Å². The van der Waals surface area contributed by atoms with Crippen LogP contribution in [0.25, 0.3) is 10.8 Å². The van der Waals surface area contributed by atoms with Gasteiger partial charge in [0, 0.05) is 15.8 Å². The average Bonchev–Trinajstić information content (AvgIpc) is 2.69. The number of nitrogens with one attached hydrogen (secondary N) is 1. The van der Waals surface area contributed by atoms with E-state index in [-0.39, 0.29) is 13.3 Å². The fourth-order valence-corrected chi connectivity index (χ4v) is 2.56. The van der Waals surface area contributed by atoms with Gasteiger partial charge >= 0.3 is 12.1 Å². The van der Waals surface area contributed by atoms with Gasteiger partial charge in [0.15, 0.2) is 13.3 Å². The molecule has 0 atom stereocenters. The first-order chi connectivity index (χ1) is 13.1. The lowest BCUT2D eigenvalue weighted by Crippen LogP contribution is -2.31. The fraction of sp³-hybridized carbons (Fsp3) is 0.100. The third-order valence-electron chi connectivity index (χ3n) is 3.58. The SMILES string of the molecule is O=C(COc1ccccc1)OCNC(=O)Oc1ccc(Cl)c2ccccc12. The van der Waals surface area contributed by atoms with Crippen molar-refractivity contribution in [1.82, 2.24) is 5.32 Å². The van der Waals surface area contributed by atoms with Crippen LogP contribution >= 0.6 is 11.6 Å². The van der Waals surface area contributed by atoms with Gasteiger partial charge in [-0.1, -0.05) is 54.1 Å². The molecule has 0 bridgehead atoms. The number of para-hydroxylation sites is 1. The lowest BCUT2D eigenvalue weighted by atomic mass is 10.1. The summed E-state index contributed by atoms with van der Waals surface area (Å²) in [4.78, 5) is 23.5. The number of fused-ring (bicyclic) bond motifs is 1. The van der Waals surface area contributed by atoms with Crippen molar-refractivity contribution in [1.29, 1.82) is 0 Å². The molecule has 0 unspecified atom stereocenters. The number of rotatable bonds is 6. The largest absolute Gasteiger partial charge is 0.482 e. The average molecular weight is 386 g/mol. The summed E-state index contributed by atoms with van der Waals surface area (Å²) in [5.74, 6) is 0.291. The molecular weight excluding hydrogens is 370 g/mol. The smallest absolute Gasteiger partial charge is 0.415 e. The Bertz CT molecular complexity index is 946. The van der Waals surface area contributed by atoms with Gasteiger partial charge in [-0.3, -0.25) is 5.32 Å². The van der Waals surface area contributed by atoms with Crippen molar-refractivity contribution in [3.8, 4) is 11.5 Å². The van der Waals surface area contributed by atoms with Gasteiger partial charge in [0.1, 0.15) is 11.5 Å². The van der Waals surface area contributed by atoms with Crippen molar-refractivity contribution < 1.29 is 23.8 Å². The van der Waals surface area contributed by atoms with Crippen LogP contribution in [0.2, 0.25) is 5.02 Å². The minimum Gasteiger partial charge on any atom is -0.482 e. The molecule has 0 saturated heterocycles. The second-order valence-electron chi connectivity index (χ2n) is 5.42. The zero-order chi connectivity index (χ0) is 19.1. The number of benzene rings is 3. The van der Waals surface area contributed by atoms with Gasteiger partial charge in [-0.15, -0.1) is 0 Å². The van der Waals surface area contributed by atoms with Crippen molar-refractivity contribution in [3.05, 3.63) is 71.8 Å². The number of hydrogen-bond acceptors (Lipinski definition) is 5. The molecule has 3 aromatic rings. The van der Waals surface area contributed by atoms with Gasteiger partial charge in [0.05, 0.1) is 0 Å². The molecule has 1 N–H and O–H groups in total. The van der Waals surface area contributed by atoms with Crippen molar-refractivity contribution in [2.75, 3.05) is 13.3 Å². The molecule has 1 amide bonds. The molecule has 0 aliphatic rings. The zero-order valence-electron chi connectivity index (χ0n) is 14.2. The van der Waals surface area contributed by atoms with E-state index in [0.717, 1.165) is 5.39 Å². The summed E-state index contributed by atoms with van der Waals surface area (Å²) < 4.78 is 15.4. The number of amides is 1. The molecule has 0 saturated carbocycles. The van der Waals surface area contributed by atoms with Gasteiger partial charge in [0.25, 0.3) is 0 Å². The minimum atomic E-state index is -0.751.